The summed E-state index contributed by atoms with van der Waals surface area (Å²) >= 11 is 0. The molecule has 0 spiro atoms. The topological polar surface area (TPSA) is 18.8 Å². The van der Waals surface area contributed by atoms with E-state index < -0.39 is 0 Å². The molecule has 0 bridgehead atoms. The zero-order valence-electron chi connectivity index (χ0n) is 11.7. The first-order valence-electron chi connectivity index (χ1n) is 6.45. The van der Waals surface area contributed by atoms with E-state index in [0.717, 1.165) is 13.0 Å². The molecule has 0 saturated heterocycles. The van der Waals surface area contributed by atoms with E-state index in [-0.39, 0.29) is 5.54 Å². The Kier molecular flexibility index (Phi) is 4.22. The molecule has 0 radical (unpaired) electrons. The highest BCUT2D eigenvalue weighted by Crippen LogP contribution is 2.26. The fourth-order valence-corrected chi connectivity index (χ4v) is 2.13. The molecule has 3 nitrogen and oxygen atoms in total. The third-order valence-corrected chi connectivity index (χ3v) is 2.90. The Bertz CT molecular complexity index is 240. The molecule has 1 heterocycles. The van der Waals surface area contributed by atoms with Crippen molar-refractivity contribution in [2.75, 3.05) is 6.54 Å². The van der Waals surface area contributed by atoms with Crippen LogP contribution in [0.4, 0.5) is 0 Å². The van der Waals surface area contributed by atoms with Crippen molar-refractivity contribution in [2.45, 2.75) is 66.1 Å². The van der Waals surface area contributed by atoms with Crippen LogP contribution in [0.25, 0.3) is 0 Å². The smallest absolute Gasteiger partial charge is 0.119 e. The van der Waals surface area contributed by atoms with Crippen LogP contribution in [0.2, 0.25) is 0 Å². The van der Waals surface area contributed by atoms with Crippen LogP contribution < -0.4 is 0 Å². The standard InChI is InChI=1S/C13H27N3/c1-7-8-16-12(9-11(2)3)15(10-14-16)13(4,5)6/h10-12H,7-9H2,1-6H3. The van der Waals surface area contributed by atoms with Crippen molar-refractivity contribution in [1.82, 2.24) is 9.91 Å². The molecule has 0 aliphatic carbocycles. The second-order valence-corrected chi connectivity index (χ2v) is 6.08. The predicted molar refractivity (Wildman–Crippen MR) is 70.3 cm³/mol. The van der Waals surface area contributed by atoms with Gasteiger partial charge < -0.3 is 4.90 Å². The first kappa shape index (κ1) is 13.3. The minimum Gasteiger partial charge on any atom is -0.335 e. The van der Waals surface area contributed by atoms with Crippen molar-refractivity contribution in [3.63, 3.8) is 0 Å². The average molecular weight is 225 g/mol. The zero-order valence-corrected chi connectivity index (χ0v) is 11.7. The Balaban J connectivity index is 2.75. The van der Waals surface area contributed by atoms with Crippen LogP contribution in [0.15, 0.2) is 5.10 Å². The van der Waals surface area contributed by atoms with Gasteiger partial charge in [-0.05, 0) is 39.5 Å². The van der Waals surface area contributed by atoms with E-state index in [1.165, 1.54) is 6.42 Å². The Labute approximate surface area is 100 Å². The highest BCUT2D eigenvalue weighted by atomic mass is 15.6. The Morgan fingerprint density at radius 1 is 1.31 bits per heavy atom. The van der Waals surface area contributed by atoms with Crippen molar-refractivity contribution in [1.29, 1.82) is 0 Å². The average Bonchev–Trinajstić information content (AvgIpc) is 2.47. The van der Waals surface area contributed by atoms with E-state index in [0.29, 0.717) is 12.1 Å². The molecule has 1 unspecified atom stereocenters. The van der Waals surface area contributed by atoms with Gasteiger partial charge in [-0.25, -0.2) is 0 Å². The minimum absolute atomic E-state index is 0.158. The van der Waals surface area contributed by atoms with E-state index in [4.69, 9.17) is 0 Å². The molecule has 0 amide bonds. The van der Waals surface area contributed by atoms with Gasteiger partial charge in [0, 0.05) is 12.1 Å². The van der Waals surface area contributed by atoms with Gasteiger partial charge in [-0.2, -0.15) is 5.10 Å². The van der Waals surface area contributed by atoms with Gasteiger partial charge in [0.2, 0.25) is 0 Å². The normalized spacial score (nSPS) is 21.3. The summed E-state index contributed by atoms with van der Waals surface area (Å²) < 4.78 is 0. The SMILES string of the molecule is CCCN1N=CN(C(C)(C)C)C1CC(C)C. The molecule has 1 rings (SSSR count). The molecule has 0 aromatic rings. The summed E-state index contributed by atoms with van der Waals surface area (Å²) in [5.41, 5.74) is 0.158. The molecule has 0 aromatic heterocycles. The van der Waals surface area contributed by atoms with Crippen molar-refractivity contribution < 1.29 is 0 Å². The first-order valence-corrected chi connectivity index (χ1v) is 6.45. The maximum Gasteiger partial charge on any atom is 0.119 e. The summed E-state index contributed by atoms with van der Waals surface area (Å²) in [6.07, 6.45) is 4.80. The number of nitrogens with zero attached hydrogens (tertiary/aromatic N) is 3. The Morgan fingerprint density at radius 2 is 1.94 bits per heavy atom. The quantitative estimate of drug-likeness (QED) is 0.732. The maximum atomic E-state index is 4.54. The Hall–Kier alpha value is -0.730. The van der Waals surface area contributed by atoms with Crippen LogP contribution in [0.1, 0.15) is 54.4 Å². The van der Waals surface area contributed by atoms with Gasteiger partial charge in [0.05, 0.1) is 0 Å². The van der Waals surface area contributed by atoms with E-state index in [2.05, 4.69) is 56.6 Å². The van der Waals surface area contributed by atoms with Crippen LogP contribution in [0, 0.1) is 5.92 Å². The molecular formula is C13H27N3. The molecule has 0 N–H and O–H groups in total. The van der Waals surface area contributed by atoms with Crippen molar-refractivity contribution >= 4 is 6.34 Å². The van der Waals surface area contributed by atoms with Gasteiger partial charge in [-0.3, -0.25) is 5.01 Å². The lowest BCUT2D eigenvalue weighted by atomic mass is 10.0. The van der Waals surface area contributed by atoms with Gasteiger partial charge in [0.1, 0.15) is 12.5 Å². The molecule has 3 heteroatoms. The molecule has 1 aliphatic rings. The van der Waals surface area contributed by atoms with Crippen molar-refractivity contribution in [3.8, 4) is 0 Å². The lowest BCUT2D eigenvalue weighted by molar-refractivity contribution is 0.0599. The fourth-order valence-electron chi connectivity index (χ4n) is 2.13. The van der Waals surface area contributed by atoms with E-state index in [1.54, 1.807) is 0 Å². The largest absolute Gasteiger partial charge is 0.335 e. The first-order chi connectivity index (χ1) is 7.36. The van der Waals surface area contributed by atoms with Crippen LogP contribution >= 0.6 is 0 Å². The van der Waals surface area contributed by atoms with E-state index in [9.17, 15) is 0 Å². The molecule has 1 aliphatic heterocycles. The monoisotopic (exact) mass is 225 g/mol. The summed E-state index contributed by atoms with van der Waals surface area (Å²) in [6.45, 7) is 14.6. The third-order valence-electron chi connectivity index (χ3n) is 2.90. The van der Waals surface area contributed by atoms with Gasteiger partial charge in [0.15, 0.2) is 0 Å². The van der Waals surface area contributed by atoms with Crippen LogP contribution in [0.5, 0.6) is 0 Å². The minimum atomic E-state index is 0.158. The van der Waals surface area contributed by atoms with Crippen molar-refractivity contribution in [2.24, 2.45) is 11.0 Å². The van der Waals surface area contributed by atoms with Crippen LogP contribution in [0.3, 0.4) is 0 Å². The van der Waals surface area contributed by atoms with Gasteiger partial charge >= 0.3 is 0 Å². The number of hydrazone groups is 1. The van der Waals surface area contributed by atoms with Crippen LogP contribution in [-0.2, 0) is 0 Å². The second-order valence-electron chi connectivity index (χ2n) is 6.08. The maximum absolute atomic E-state index is 4.54. The zero-order chi connectivity index (χ0) is 12.3. The lowest BCUT2D eigenvalue weighted by Gasteiger charge is -2.39. The predicted octanol–water partition coefficient (Wildman–Crippen LogP) is 3.13. The van der Waals surface area contributed by atoms with Gasteiger partial charge in [-0.1, -0.05) is 20.8 Å². The van der Waals surface area contributed by atoms with E-state index >= 15 is 0 Å². The number of rotatable bonds is 4. The highest BCUT2D eigenvalue weighted by Gasteiger charge is 2.34. The summed E-state index contributed by atoms with van der Waals surface area (Å²) in [4.78, 5) is 2.39. The molecule has 0 aromatic carbocycles. The summed E-state index contributed by atoms with van der Waals surface area (Å²) in [6, 6.07) is 0. The fraction of sp³-hybridized carbons (Fsp3) is 0.923. The molecule has 0 saturated carbocycles. The molecule has 0 fully saturated rings. The molecule has 16 heavy (non-hydrogen) atoms. The lowest BCUT2D eigenvalue weighted by Crippen LogP contribution is -2.49. The van der Waals surface area contributed by atoms with Crippen LogP contribution in [-0.4, -0.2) is 34.5 Å². The summed E-state index contributed by atoms with van der Waals surface area (Å²) in [7, 11) is 0. The molecule has 1 atom stereocenters. The van der Waals surface area contributed by atoms with E-state index in [1.807, 2.05) is 6.34 Å². The number of hydrogen-bond acceptors (Lipinski definition) is 3. The summed E-state index contributed by atoms with van der Waals surface area (Å²) in [5, 5.41) is 6.78. The van der Waals surface area contributed by atoms with Gasteiger partial charge in [0.25, 0.3) is 0 Å². The van der Waals surface area contributed by atoms with Crippen molar-refractivity contribution in [3.05, 3.63) is 0 Å². The van der Waals surface area contributed by atoms with Gasteiger partial charge in [-0.15, -0.1) is 0 Å². The second kappa shape index (κ2) is 5.07. The number of hydrogen-bond donors (Lipinski definition) is 0. The highest BCUT2D eigenvalue weighted by molar-refractivity contribution is 5.58. The summed E-state index contributed by atoms with van der Waals surface area (Å²) in [5.74, 6) is 0.705. The Morgan fingerprint density at radius 3 is 2.38 bits per heavy atom. The molecular weight excluding hydrogens is 198 g/mol. The molecule has 94 valence electrons. The third kappa shape index (κ3) is 3.13.